The molecule has 1 aromatic carbocycles. The number of rotatable bonds is 5. The number of aryl methyl sites for hydroxylation is 2. The molecule has 7 heteroatoms. The second-order valence-corrected chi connectivity index (χ2v) is 6.85. The van der Waals surface area contributed by atoms with Crippen molar-refractivity contribution in [3.63, 3.8) is 0 Å². The van der Waals surface area contributed by atoms with Crippen molar-refractivity contribution in [2.75, 3.05) is 6.54 Å². The highest BCUT2D eigenvalue weighted by Crippen LogP contribution is 2.19. The molecule has 0 fully saturated rings. The van der Waals surface area contributed by atoms with Crippen LogP contribution in [0.5, 0.6) is 0 Å². The quantitative estimate of drug-likeness (QED) is 0.718. The van der Waals surface area contributed by atoms with Crippen molar-refractivity contribution in [3.8, 4) is 0 Å². The van der Waals surface area contributed by atoms with E-state index >= 15 is 0 Å². The summed E-state index contributed by atoms with van der Waals surface area (Å²) in [7, 11) is 0. The van der Waals surface area contributed by atoms with Gasteiger partial charge in [-0.3, -0.25) is 4.79 Å². The number of hydrogen-bond donors (Lipinski definition) is 1. The predicted octanol–water partition coefficient (Wildman–Crippen LogP) is 2.16. The summed E-state index contributed by atoms with van der Waals surface area (Å²) < 4.78 is 5.20. The molecule has 3 rings (SSSR count). The van der Waals surface area contributed by atoms with Gasteiger partial charge in [-0.05, 0) is 31.0 Å². The van der Waals surface area contributed by atoms with E-state index in [1.54, 1.807) is 6.07 Å². The van der Waals surface area contributed by atoms with E-state index < -0.39 is 5.63 Å². The van der Waals surface area contributed by atoms with Crippen LogP contribution in [0.25, 0.3) is 11.0 Å². The molecule has 1 N–H and O–H groups in total. The Bertz CT molecular complexity index is 946. The third-order valence-electron chi connectivity index (χ3n) is 3.57. The first-order valence-electron chi connectivity index (χ1n) is 7.60. The van der Waals surface area contributed by atoms with Crippen LogP contribution in [0.2, 0.25) is 0 Å². The van der Waals surface area contributed by atoms with Crippen molar-refractivity contribution < 1.29 is 9.21 Å². The summed E-state index contributed by atoms with van der Waals surface area (Å²) in [6.45, 7) is 4.31. The van der Waals surface area contributed by atoms with E-state index in [2.05, 4.69) is 15.5 Å². The van der Waals surface area contributed by atoms with Gasteiger partial charge in [0.25, 0.3) is 0 Å². The fraction of sp³-hybridized carbons (Fsp3) is 0.294. The fourth-order valence-corrected chi connectivity index (χ4v) is 3.17. The topological polar surface area (TPSA) is 85.1 Å². The van der Waals surface area contributed by atoms with Gasteiger partial charge >= 0.3 is 5.63 Å². The van der Waals surface area contributed by atoms with Gasteiger partial charge in [-0.15, -0.1) is 21.5 Å². The van der Waals surface area contributed by atoms with Gasteiger partial charge in [0.2, 0.25) is 5.91 Å². The van der Waals surface area contributed by atoms with E-state index in [1.807, 2.05) is 26.0 Å². The molecule has 3 aromatic rings. The van der Waals surface area contributed by atoms with Gasteiger partial charge in [0, 0.05) is 24.4 Å². The fourth-order valence-electron chi connectivity index (χ4n) is 2.47. The molecular formula is C17H17N3O3S. The van der Waals surface area contributed by atoms with Gasteiger partial charge < -0.3 is 9.73 Å². The summed E-state index contributed by atoms with van der Waals surface area (Å²) >= 11 is 1.52. The van der Waals surface area contributed by atoms with E-state index in [-0.39, 0.29) is 12.3 Å². The largest absolute Gasteiger partial charge is 0.423 e. The Kier molecular flexibility index (Phi) is 4.71. The van der Waals surface area contributed by atoms with Gasteiger partial charge in [0.15, 0.2) is 0 Å². The number of hydrogen-bond acceptors (Lipinski definition) is 6. The molecule has 0 aliphatic heterocycles. The van der Waals surface area contributed by atoms with Crippen LogP contribution in [0.15, 0.2) is 33.5 Å². The molecule has 0 spiro atoms. The van der Waals surface area contributed by atoms with E-state index in [1.165, 1.54) is 17.4 Å². The minimum Gasteiger partial charge on any atom is -0.423 e. The van der Waals surface area contributed by atoms with E-state index in [4.69, 9.17) is 4.42 Å². The number of benzene rings is 1. The lowest BCUT2D eigenvalue weighted by Crippen LogP contribution is -2.27. The average Bonchev–Trinajstić information content (AvgIpc) is 2.92. The Morgan fingerprint density at radius 1 is 1.25 bits per heavy atom. The lowest BCUT2D eigenvalue weighted by atomic mass is 10.1. The van der Waals surface area contributed by atoms with Gasteiger partial charge in [0.1, 0.15) is 15.6 Å². The van der Waals surface area contributed by atoms with Gasteiger partial charge in [0.05, 0.1) is 6.42 Å². The maximum Gasteiger partial charge on any atom is 0.336 e. The number of nitrogens with zero attached hydrogens (tertiary/aromatic N) is 2. The van der Waals surface area contributed by atoms with E-state index in [9.17, 15) is 9.59 Å². The second kappa shape index (κ2) is 6.92. The number of nitrogens with one attached hydrogen (secondary N) is 1. The molecule has 0 unspecified atom stereocenters. The molecular weight excluding hydrogens is 326 g/mol. The summed E-state index contributed by atoms with van der Waals surface area (Å²) in [5.74, 6) is -0.135. The van der Waals surface area contributed by atoms with Crippen LogP contribution in [0, 0.1) is 13.8 Å². The average molecular weight is 343 g/mol. The lowest BCUT2D eigenvalue weighted by Gasteiger charge is -2.07. The van der Waals surface area contributed by atoms with Crippen LogP contribution < -0.4 is 10.9 Å². The standard InChI is InChI=1S/C17H17N3O3S/c1-10-3-4-13-12(9-17(22)23-14(13)7-10)8-15(21)18-6-5-16-20-19-11(2)24-16/h3-4,7,9H,5-6,8H2,1-2H3,(H,18,21). The highest BCUT2D eigenvalue weighted by atomic mass is 32.1. The molecule has 24 heavy (non-hydrogen) atoms. The van der Waals surface area contributed by atoms with Crippen molar-refractivity contribution in [1.29, 1.82) is 0 Å². The Balaban J connectivity index is 1.67. The Labute approximate surface area is 142 Å². The third kappa shape index (κ3) is 3.86. The van der Waals surface area contributed by atoms with Crippen LogP contribution >= 0.6 is 11.3 Å². The van der Waals surface area contributed by atoms with Gasteiger partial charge in [-0.1, -0.05) is 12.1 Å². The predicted molar refractivity (Wildman–Crippen MR) is 92.3 cm³/mol. The number of carbonyl (C=O) groups is 1. The normalized spacial score (nSPS) is 10.9. The third-order valence-corrected chi connectivity index (χ3v) is 4.46. The monoisotopic (exact) mass is 343 g/mol. The molecule has 1 amide bonds. The Morgan fingerprint density at radius 3 is 2.83 bits per heavy atom. The van der Waals surface area contributed by atoms with Gasteiger partial charge in [-0.25, -0.2) is 4.79 Å². The van der Waals surface area contributed by atoms with Crippen LogP contribution in [-0.4, -0.2) is 22.6 Å². The summed E-state index contributed by atoms with van der Waals surface area (Å²) in [5, 5.41) is 13.4. The summed E-state index contributed by atoms with van der Waals surface area (Å²) in [6, 6.07) is 6.99. The van der Waals surface area contributed by atoms with Crippen molar-refractivity contribution in [3.05, 3.63) is 55.8 Å². The zero-order chi connectivity index (χ0) is 17.1. The first-order chi connectivity index (χ1) is 11.5. The number of aromatic nitrogens is 2. The van der Waals surface area contributed by atoms with E-state index in [0.29, 0.717) is 24.1 Å². The molecule has 0 saturated carbocycles. The van der Waals surface area contributed by atoms with Crippen molar-refractivity contribution in [2.24, 2.45) is 0 Å². The highest BCUT2D eigenvalue weighted by molar-refractivity contribution is 7.11. The zero-order valence-corrected chi connectivity index (χ0v) is 14.3. The lowest BCUT2D eigenvalue weighted by molar-refractivity contribution is -0.120. The van der Waals surface area contributed by atoms with Crippen LogP contribution in [0.3, 0.4) is 0 Å². The second-order valence-electron chi connectivity index (χ2n) is 5.58. The molecule has 6 nitrogen and oxygen atoms in total. The molecule has 0 radical (unpaired) electrons. The van der Waals surface area contributed by atoms with Crippen molar-refractivity contribution in [1.82, 2.24) is 15.5 Å². The molecule has 0 bridgehead atoms. The zero-order valence-electron chi connectivity index (χ0n) is 13.5. The number of amides is 1. The molecule has 0 aliphatic carbocycles. The first kappa shape index (κ1) is 16.3. The van der Waals surface area contributed by atoms with Crippen LogP contribution in [0.4, 0.5) is 0 Å². The molecule has 2 heterocycles. The summed E-state index contributed by atoms with van der Waals surface area (Å²) in [4.78, 5) is 23.8. The molecule has 2 aromatic heterocycles. The minimum absolute atomic E-state index is 0.135. The molecule has 0 aliphatic rings. The Morgan fingerprint density at radius 2 is 2.08 bits per heavy atom. The minimum atomic E-state index is -0.444. The molecule has 0 atom stereocenters. The Hall–Kier alpha value is -2.54. The highest BCUT2D eigenvalue weighted by Gasteiger charge is 2.10. The van der Waals surface area contributed by atoms with Crippen molar-refractivity contribution in [2.45, 2.75) is 26.7 Å². The van der Waals surface area contributed by atoms with Gasteiger partial charge in [-0.2, -0.15) is 0 Å². The smallest absolute Gasteiger partial charge is 0.336 e. The van der Waals surface area contributed by atoms with Crippen molar-refractivity contribution >= 4 is 28.2 Å². The first-order valence-corrected chi connectivity index (χ1v) is 8.42. The van der Waals surface area contributed by atoms with E-state index in [0.717, 1.165) is 21.0 Å². The van der Waals surface area contributed by atoms with Crippen LogP contribution in [-0.2, 0) is 17.6 Å². The summed E-state index contributed by atoms with van der Waals surface area (Å²) in [5.41, 5.74) is 1.74. The maximum atomic E-state index is 12.2. The van der Waals surface area contributed by atoms with Crippen LogP contribution in [0.1, 0.15) is 21.1 Å². The number of fused-ring (bicyclic) bond motifs is 1. The number of carbonyl (C=O) groups excluding carboxylic acids is 1. The SMILES string of the molecule is Cc1ccc2c(CC(=O)NCCc3nnc(C)s3)cc(=O)oc2c1. The maximum absolute atomic E-state index is 12.2. The summed E-state index contributed by atoms with van der Waals surface area (Å²) in [6.07, 6.45) is 0.786. The molecule has 0 saturated heterocycles. The molecule has 124 valence electrons.